The van der Waals surface area contributed by atoms with E-state index < -0.39 is 16.1 Å². The van der Waals surface area contributed by atoms with Crippen molar-refractivity contribution in [1.82, 2.24) is 20.1 Å². The first kappa shape index (κ1) is 18.1. The summed E-state index contributed by atoms with van der Waals surface area (Å²) in [6.07, 6.45) is 2.82. The number of piperidine rings is 1. The zero-order chi connectivity index (χ0) is 17.6. The summed E-state index contributed by atoms with van der Waals surface area (Å²) < 4.78 is 30.9. The van der Waals surface area contributed by atoms with Crippen molar-refractivity contribution in [1.29, 1.82) is 0 Å². The number of nitrogens with one attached hydrogen (secondary N) is 2. The lowest BCUT2D eigenvalue weighted by molar-refractivity contribution is -0.127. The van der Waals surface area contributed by atoms with Crippen LogP contribution >= 0.6 is 0 Å². The summed E-state index contributed by atoms with van der Waals surface area (Å²) in [5.74, 6) is -0.728. The van der Waals surface area contributed by atoms with Gasteiger partial charge in [-0.25, -0.2) is 18.6 Å². The van der Waals surface area contributed by atoms with Crippen LogP contribution in [0, 0.1) is 5.92 Å². The number of hydrogen-bond acceptors (Lipinski definition) is 6. The molecule has 1 aromatic rings. The van der Waals surface area contributed by atoms with Crippen LogP contribution < -0.4 is 10.9 Å². The second kappa shape index (κ2) is 8.06. The van der Waals surface area contributed by atoms with Crippen LogP contribution in [0.3, 0.4) is 0 Å². The maximum absolute atomic E-state index is 12.5. The standard InChI is InChI=1S/C14H20N4O5S/c1-2-23-14(20)17-16-13(19)11-5-8-18(9-6-11)24(21,22)12-4-3-7-15-10-12/h3-4,7,10-11H,2,5-6,8-9H2,1H3,(H,16,19)(H,17,20). The van der Waals surface area contributed by atoms with E-state index in [0.29, 0.717) is 12.8 Å². The Morgan fingerprint density at radius 3 is 2.62 bits per heavy atom. The van der Waals surface area contributed by atoms with Gasteiger partial charge in [0.15, 0.2) is 0 Å². The van der Waals surface area contributed by atoms with Gasteiger partial charge >= 0.3 is 6.09 Å². The molecule has 2 heterocycles. The van der Waals surface area contributed by atoms with Crippen LogP contribution in [0.1, 0.15) is 19.8 Å². The number of carbonyl (C=O) groups excluding carboxylic acids is 2. The summed E-state index contributed by atoms with van der Waals surface area (Å²) in [5.41, 5.74) is 4.43. The number of hydrazine groups is 1. The average molecular weight is 356 g/mol. The Labute approximate surface area is 140 Å². The van der Waals surface area contributed by atoms with Gasteiger partial charge in [-0.05, 0) is 31.9 Å². The van der Waals surface area contributed by atoms with Crippen molar-refractivity contribution in [2.24, 2.45) is 5.92 Å². The summed E-state index contributed by atoms with van der Waals surface area (Å²) in [4.78, 5) is 27.1. The monoisotopic (exact) mass is 356 g/mol. The molecule has 1 aromatic heterocycles. The molecule has 9 nitrogen and oxygen atoms in total. The molecule has 0 aromatic carbocycles. The van der Waals surface area contributed by atoms with Crippen molar-refractivity contribution in [3.05, 3.63) is 24.5 Å². The molecule has 0 unspecified atom stereocenters. The molecular weight excluding hydrogens is 336 g/mol. The molecule has 0 bridgehead atoms. The van der Waals surface area contributed by atoms with E-state index in [1.54, 1.807) is 13.0 Å². The normalized spacial score (nSPS) is 16.4. The summed E-state index contributed by atoms with van der Waals surface area (Å²) >= 11 is 0. The van der Waals surface area contributed by atoms with Crippen molar-refractivity contribution in [3.8, 4) is 0 Å². The highest BCUT2D eigenvalue weighted by atomic mass is 32.2. The molecule has 1 fully saturated rings. The second-order valence-corrected chi connectivity index (χ2v) is 7.14. The molecule has 0 aliphatic carbocycles. The van der Waals surface area contributed by atoms with Gasteiger partial charge in [0.25, 0.3) is 0 Å². The third-order valence-electron chi connectivity index (χ3n) is 3.66. The highest BCUT2D eigenvalue weighted by Gasteiger charge is 2.32. The predicted octanol–water partition coefficient (Wildman–Crippen LogP) is 0.260. The topological polar surface area (TPSA) is 118 Å². The van der Waals surface area contributed by atoms with Crippen molar-refractivity contribution in [2.75, 3.05) is 19.7 Å². The van der Waals surface area contributed by atoms with Gasteiger partial charge in [0.05, 0.1) is 6.61 Å². The molecule has 1 aliphatic rings. The third-order valence-corrected chi connectivity index (χ3v) is 5.54. The van der Waals surface area contributed by atoms with E-state index in [1.807, 2.05) is 0 Å². The van der Waals surface area contributed by atoms with Crippen LogP contribution in [0.15, 0.2) is 29.4 Å². The molecule has 132 valence electrons. The fraction of sp³-hybridized carbons (Fsp3) is 0.500. The molecule has 0 spiro atoms. The zero-order valence-electron chi connectivity index (χ0n) is 13.3. The Morgan fingerprint density at radius 1 is 1.33 bits per heavy atom. The minimum absolute atomic E-state index is 0.136. The Hall–Kier alpha value is -2.20. The number of aromatic nitrogens is 1. The third kappa shape index (κ3) is 4.42. The minimum atomic E-state index is -3.59. The van der Waals surface area contributed by atoms with Gasteiger partial charge in [-0.2, -0.15) is 4.31 Å². The first-order valence-corrected chi connectivity index (χ1v) is 9.02. The van der Waals surface area contributed by atoms with E-state index in [1.165, 1.54) is 22.8 Å². The SMILES string of the molecule is CCOC(=O)NNC(=O)C1CCN(S(=O)(=O)c2cccnc2)CC1. The predicted molar refractivity (Wildman–Crippen MR) is 84.0 cm³/mol. The van der Waals surface area contributed by atoms with Gasteiger partial charge in [-0.15, -0.1) is 0 Å². The van der Waals surface area contributed by atoms with Crippen molar-refractivity contribution in [3.63, 3.8) is 0 Å². The number of carbonyl (C=O) groups is 2. The molecule has 1 saturated heterocycles. The van der Waals surface area contributed by atoms with Crippen LogP contribution in [0.2, 0.25) is 0 Å². The Morgan fingerprint density at radius 2 is 2.04 bits per heavy atom. The molecule has 0 saturated carbocycles. The highest BCUT2D eigenvalue weighted by Crippen LogP contribution is 2.23. The number of amides is 2. The summed E-state index contributed by atoms with van der Waals surface area (Å²) in [6.45, 7) is 2.32. The van der Waals surface area contributed by atoms with Gasteiger partial charge in [0.1, 0.15) is 4.90 Å². The number of hydrogen-bond donors (Lipinski definition) is 2. The summed E-state index contributed by atoms with van der Waals surface area (Å²) in [5, 5.41) is 0. The van der Waals surface area contributed by atoms with Crippen LogP contribution in [-0.2, 0) is 19.6 Å². The smallest absolute Gasteiger partial charge is 0.426 e. The van der Waals surface area contributed by atoms with Gasteiger partial charge < -0.3 is 4.74 Å². The number of sulfonamides is 1. The fourth-order valence-electron chi connectivity index (χ4n) is 2.39. The van der Waals surface area contributed by atoms with E-state index >= 15 is 0 Å². The van der Waals surface area contributed by atoms with Crippen LogP contribution in [0.5, 0.6) is 0 Å². The lowest BCUT2D eigenvalue weighted by Crippen LogP contribution is -2.48. The van der Waals surface area contributed by atoms with Crippen LogP contribution in [-0.4, -0.2) is 49.4 Å². The summed E-state index contributed by atoms with van der Waals surface area (Å²) in [6, 6.07) is 3.05. The molecule has 24 heavy (non-hydrogen) atoms. The molecular formula is C14H20N4O5S. The summed E-state index contributed by atoms with van der Waals surface area (Å²) in [7, 11) is -3.59. The molecule has 10 heteroatoms. The second-order valence-electron chi connectivity index (χ2n) is 5.20. The first-order chi connectivity index (χ1) is 11.4. The van der Waals surface area contributed by atoms with Crippen molar-refractivity contribution in [2.45, 2.75) is 24.7 Å². The van der Waals surface area contributed by atoms with Gasteiger partial charge in [-0.1, -0.05) is 0 Å². The minimum Gasteiger partial charge on any atom is -0.449 e. The van der Waals surface area contributed by atoms with E-state index in [2.05, 4.69) is 20.6 Å². The van der Waals surface area contributed by atoms with Gasteiger partial charge in [0.2, 0.25) is 15.9 Å². The maximum atomic E-state index is 12.5. The molecule has 1 aliphatic heterocycles. The molecule has 2 amide bonds. The molecule has 0 radical (unpaired) electrons. The van der Waals surface area contributed by atoms with Crippen molar-refractivity contribution >= 4 is 22.0 Å². The quantitative estimate of drug-likeness (QED) is 0.747. The largest absolute Gasteiger partial charge is 0.449 e. The molecule has 2 N–H and O–H groups in total. The molecule has 2 rings (SSSR count). The Bertz CT molecular complexity index is 672. The molecule has 0 atom stereocenters. The van der Waals surface area contributed by atoms with Crippen molar-refractivity contribution < 1.29 is 22.7 Å². The number of ether oxygens (including phenoxy) is 1. The maximum Gasteiger partial charge on any atom is 0.426 e. The lowest BCUT2D eigenvalue weighted by Gasteiger charge is -2.30. The Balaban J connectivity index is 1.87. The van der Waals surface area contributed by atoms with E-state index in [-0.39, 0.29) is 36.4 Å². The Kier molecular flexibility index (Phi) is 6.10. The van der Waals surface area contributed by atoms with Crippen LogP contribution in [0.25, 0.3) is 0 Å². The average Bonchev–Trinajstić information content (AvgIpc) is 2.61. The van der Waals surface area contributed by atoms with Gasteiger partial charge in [-0.3, -0.25) is 15.2 Å². The van der Waals surface area contributed by atoms with E-state index in [4.69, 9.17) is 0 Å². The highest BCUT2D eigenvalue weighted by molar-refractivity contribution is 7.89. The van der Waals surface area contributed by atoms with Gasteiger partial charge in [0, 0.05) is 31.4 Å². The lowest BCUT2D eigenvalue weighted by atomic mass is 9.98. The first-order valence-electron chi connectivity index (χ1n) is 7.58. The van der Waals surface area contributed by atoms with E-state index in [9.17, 15) is 18.0 Å². The number of pyridine rings is 1. The zero-order valence-corrected chi connectivity index (χ0v) is 14.1. The number of nitrogens with zero attached hydrogens (tertiary/aromatic N) is 2. The van der Waals surface area contributed by atoms with E-state index in [0.717, 1.165) is 0 Å². The number of rotatable bonds is 4. The van der Waals surface area contributed by atoms with Crippen LogP contribution in [0.4, 0.5) is 4.79 Å². The fourth-order valence-corrected chi connectivity index (χ4v) is 3.82.